The van der Waals surface area contributed by atoms with E-state index in [4.69, 9.17) is 0 Å². The van der Waals surface area contributed by atoms with Crippen LogP contribution in [0.25, 0.3) is 6.08 Å². The number of aromatic nitrogens is 1. The van der Waals surface area contributed by atoms with Crippen molar-refractivity contribution in [1.29, 1.82) is 0 Å². The molecule has 5 aliphatic rings. The van der Waals surface area contributed by atoms with Crippen LogP contribution >= 0.6 is 0 Å². The summed E-state index contributed by atoms with van der Waals surface area (Å²) < 4.78 is 0. The Morgan fingerprint density at radius 2 is 1.73 bits per heavy atom. The summed E-state index contributed by atoms with van der Waals surface area (Å²) >= 11 is 0. The minimum atomic E-state index is -0.625. The van der Waals surface area contributed by atoms with Crippen molar-refractivity contribution in [3.63, 3.8) is 0 Å². The lowest BCUT2D eigenvalue weighted by Crippen LogP contribution is -2.64. The third-order valence-electron chi connectivity index (χ3n) is 14.2. The minimum Gasteiger partial charge on any atom is -0.481 e. The van der Waals surface area contributed by atoms with E-state index >= 15 is 0 Å². The standard InChI is InChI=1S/C36H51NO3/c1-31(2)27-12-13-36(7)28(34(27,5)20-24(29(31)38)19-23-9-8-18-37-22-23)11-10-25-26-21-33(4,30(39)40)15-14-32(26,3)16-17-35(25,36)6/h8-10,18-19,22,26-29,38H,11-17,20-21H2,1-7H3,(H,39,40)/b24-19-/t26-,27-,28+,29-,32+,33+,34-,35+,36+/m0/s1. The van der Waals surface area contributed by atoms with E-state index < -0.39 is 17.5 Å². The number of rotatable bonds is 2. The highest BCUT2D eigenvalue weighted by Crippen LogP contribution is 2.76. The summed E-state index contributed by atoms with van der Waals surface area (Å²) in [5.74, 6) is 0.716. The Labute approximate surface area is 241 Å². The predicted octanol–water partition coefficient (Wildman–Crippen LogP) is 8.32. The Balaban J connectivity index is 1.42. The van der Waals surface area contributed by atoms with Gasteiger partial charge in [-0.1, -0.05) is 65.3 Å². The van der Waals surface area contributed by atoms with Gasteiger partial charge in [0.2, 0.25) is 0 Å². The number of hydrogen-bond donors (Lipinski definition) is 2. The fourth-order valence-electron chi connectivity index (χ4n) is 11.4. The van der Waals surface area contributed by atoms with Gasteiger partial charge in [-0.15, -0.1) is 0 Å². The van der Waals surface area contributed by atoms with E-state index in [1.165, 1.54) is 19.3 Å². The van der Waals surface area contributed by atoms with Gasteiger partial charge < -0.3 is 10.2 Å². The lowest BCUT2D eigenvalue weighted by Gasteiger charge is -2.71. The van der Waals surface area contributed by atoms with Crippen LogP contribution in [-0.2, 0) is 4.79 Å². The van der Waals surface area contributed by atoms with E-state index in [0.29, 0.717) is 17.8 Å². The number of allylic oxidation sites excluding steroid dienone is 2. The molecule has 4 fully saturated rings. The summed E-state index contributed by atoms with van der Waals surface area (Å²) in [5.41, 5.74) is 3.51. The van der Waals surface area contributed by atoms with E-state index in [-0.39, 0.29) is 27.1 Å². The number of aliphatic hydroxyl groups excluding tert-OH is 1. The van der Waals surface area contributed by atoms with Gasteiger partial charge in [0.25, 0.3) is 0 Å². The van der Waals surface area contributed by atoms with E-state index in [9.17, 15) is 15.0 Å². The third-order valence-corrected chi connectivity index (χ3v) is 14.2. The monoisotopic (exact) mass is 545 g/mol. The number of nitrogens with zero attached hydrogens (tertiary/aromatic N) is 1. The van der Waals surface area contributed by atoms with Gasteiger partial charge in [-0.25, -0.2) is 0 Å². The highest BCUT2D eigenvalue weighted by molar-refractivity contribution is 5.74. The van der Waals surface area contributed by atoms with Crippen molar-refractivity contribution in [3.8, 4) is 0 Å². The molecule has 218 valence electrons. The highest BCUT2D eigenvalue weighted by atomic mass is 16.4. The van der Waals surface area contributed by atoms with Gasteiger partial charge in [-0.05, 0) is 127 Å². The molecule has 9 atom stereocenters. The first-order valence-corrected chi connectivity index (χ1v) is 15.8. The predicted molar refractivity (Wildman–Crippen MR) is 160 cm³/mol. The summed E-state index contributed by atoms with van der Waals surface area (Å²) in [7, 11) is 0. The maximum Gasteiger partial charge on any atom is 0.309 e. The van der Waals surface area contributed by atoms with E-state index in [2.05, 4.69) is 64.7 Å². The molecule has 1 heterocycles. The molecule has 0 spiro atoms. The number of carbonyl (C=O) groups is 1. The van der Waals surface area contributed by atoms with E-state index in [1.54, 1.807) is 11.8 Å². The molecule has 4 heteroatoms. The van der Waals surface area contributed by atoms with Gasteiger partial charge in [0.1, 0.15) is 0 Å². The molecular formula is C36H51NO3. The molecule has 0 radical (unpaired) electrons. The van der Waals surface area contributed by atoms with Gasteiger partial charge in [0.15, 0.2) is 0 Å². The van der Waals surface area contributed by atoms with E-state index in [0.717, 1.165) is 49.7 Å². The van der Waals surface area contributed by atoms with Gasteiger partial charge >= 0.3 is 5.97 Å². The molecular weight excluding hydrogens is 494 g/mol. The van der Waals surface area contributed by atoms with Crippen LogP contribution in [0.1, 0.15) is 112 Å². The zero-order valence-electron chi connectivity index (χ0n) is 25.9. The largest absolute Gasteiger partial charge is 0.481 e. The van der Waals surface area contributed by atoms with Crippen LogP contribution < -0.4 is 0 Å². The Hall–Kier alpha value is -1.94. The zero-order chi connectivity index (χ0) is 28.9. The molecule has 0 amide bonds. The quantitative estimate of drug-likeness (QED) is 0.367. The first-order valence-electron chi connectivity index (χ1n) is 15.8. The molecule has 4 nitrogen and oxygen atoms in total. The van der Waals surface area contributed by atoms with Gasteiger partial charge in [-0.3, -0.25) is 9.78 Å². The molecule has 40 heavy (non-hydrogen) atoms. The summed E-state index contributed by atoms with van der Waals surface area (Å²) in [6.07, 6.45) is 17.4. The minimum absolute atomic E-state index is 0.0811. The van der Waals surface area contributed by atoms with Gasteiger partial charge in [0.05, 0.1) is 11.5 Å². The average Bonchev–Trinajstić information content (AvgIpc) is 2.89. The maximum atomic E-state index is 12.4. The van der Waals surface area contributed by atoms with Crippen LogP contribution in [0, 0.1) is 50.2 Å². The number of fused-ring (bicyclic) bond motifs is 7. The van der Waals surface area contributed by atoms with Crippen LogP contribution in [0.4, 0.5) is 0 Å². The van der Waals surface area contributed by atoms with Crippen molar-refractivity contribution < 1.29 is 15.0 Å². The summed E-state index contributed by atoms with van der Waals surface area (Å²) in [4.78, 5) is 16.7. The number of aliphatic hydroxyl groups is 1. The molecule has 4 saturated carbocycles. The van der Waals surface area contributed by atoms with Crippen LogP contribution in [-0.4, -0.2) is 27.3 Å². The number of carboxylic acids is 1. The third kappa shape index (κ3) is 3.66. The summed E-state index contributed by atoms with van der Waals surface area (Å²) in [5, 5.41) is 21.9. The molecule has 5 aliphatic carbocycles. The van der Waals surface area contributed by atoms with Crippen molar-refractivity contribution in [2.24, 2.45) is 50.2 Å². The van der Waals surface area contributed by atoms with Crippen molar-refractivity contribution in [1.82, 2.24) is 4.98 Å². The summed E-state index contributed by atoms with van der Waals surface area (Å²) in [6.45, 7) is 16.7. The number of pyridine rings is 1. The fraction of sp³-hybridized carbons (Fsp3) is 0.722. The Kier molecular flexibility index (Phi) is 6.19. The van der Waals surface area contributed by atoms with Crippen molar-refractivity contribution in [3.05, 3.63) is 47.3 Å². The Morgan fingerprint density at radius 1 is 1.00 bits per heavy atom. The Bertz CT molecular complexity index is 1270. The van der Waals surface area contributed by atoms with Crippen LogP contribution in [0.2, 0.25) is 0 Å². The molecule has 6 rings (SSSR count). The maximum absolute atomic E-state index is 12.4. The smallest absolute Gasteiger partial charge is 0.309 e. The second kappa shape index (κ2) is 8.79. The first kappa shape index (κ1) is 28.2. The molecule has 0 aromatic carbocycles. The highest BCUT2D eigenvalue weighted by Gasteiger charge is 2.68. The first-order chi connectivity index (χ1) is 18.6. The zero-order valence-corrected chi connectivity index (χ0v) is 25.9. The van der Waals surface area contributed by atoms with Crippen molar-refractivity contribution >= 4 is 12.0 Å². The lowest BCUT2D eigenvalue weighted by atomic mass is 9.33. The molecule has 1 aromatic heterocycles. The second-order valence-electron chi connectivity index (χ2n) is 16.5. The molecule has 0 bridgehead atoms. The number of carboxylic acid groups (broad SMARTS) is 1. The normalized spacial score (nSPS) is 48.7. The van der Waals surface area contributed by atoms with Gasteiger partial charge in [0, 0.05) is 12.4 Å². The molecule has 0 unspecified atom stereocenters. The van der Waals surface area contributed by atoms with Crippen LogP contribution in [0.15, 0.2) is 41.7 Å². The fourth-order valence-corrected chi connectivity index (χ4v) is 11.4. The molecule has 1 aromatic rings. The van der Waals surface area contributed by atoms with E-state index in [1.807, 2.05) is 19.2 Å². The number of hydrogen-bond acceptors (Lipinski definition) is 3. The van der Waals surface area contributed by atoms with Crippen LogP contribution in [0.5, 0.6) is 0 Å². The SMILES string of the molecule is CC1(C)[C@@H](O)/C(=C\c2cccnc2)C[C@]2(C)[C@H]3CC=C4[C@@H]5C[C@](C)(C(=O)O)CC[C@]5(C)CC[C@@]4(C)[C@]3(C)CC[C@@H]12. The summed E-state index contributed by atoms with van der Waals surface area (Å²) in [6, 6.07) is 4.06. The van der Waals surface area contributed by atoms with Crippen molar-refractivity contribution in [2.45, 2.75) is 112 Å². The lowest BCUT2D eigenvalue weighted by molar-refractivity contribution is -0.189. The van der Waals surface area contributed by atoms with Gasteiger partial charge in [-0.2, -0.15) is 0 Å². The molecule has 0 aliphatic heterocycles. The average molecular weight is 546 g/mol. The second-order valence-corrected chi connectivity index (χ2v) is 16.5. The Morgan fingerprint density at radius 3 is 2.40 bits per heavy atom. The molecule has 2 N–H and O–H groups in total. The van der Waals surface area contributed by atoms with Crippen LogP contribution in [0.3, 0.4) is 0 Å². The topological polar surface area (TPSA) is 70.4 Å². The molecule has 0 saturated heterocycles. The van der Waals surface area contributed by atoms with Crippen molar-refractivity contribution in [2.75, 3.05) is 0 Å². The number of aliphatic carboxylic acids is 1.